The summed E-state index contributed by atoms with van der Waals surface area (Å²) in [7, 11) is 0. The van der Waals surface area contributed by atoms with E-state index >= 15 is 0 Å². The van der Waals surface area contributed by atoms with Gasteiger partial charge in [-0.1, -0.05) is 11.6 Å². The first-order chi connectivity index (χ1) is 7.65. The molecular weight excluding hydrogens is 308 g/mol. The number of halogens is 2. The summed E-state index contributed by atoms with van der Waals surface area (Å²) in [5, 5.41) is 2.63. The van der Waals surface area contributed by atoms with Crippen LogP contribution in [0.25, 0.3) is 0 Å². The maximum absolute atomic E-state index is 11.9. The lowest BCUT2D eigenvalue weighted by Gasteiger charge is -1.99. The second kappa shape index (κ2) is 5.13. The maximum atomic E-state index is 11.9. The first-order valence-electron chi connectivity index (χ1n) is 4.67. The van der Waals surface area contributed by atoms with Crippen LogP contribution < -0.4 is 0 Å². The summed E-state index contributed by atoms with van der Waals surface area (Å²) in [4.78, 5) is 12.9. The number of thiophene rings is 1. The molecule has 0 spiro atoms. The van der Waals surface area contributed by atoms with E-state index < -0.39 is 0 Å². The first kappa shape index (κ1) is 11.8. The molecule has 0 aliphatic heterocycles. The fraction of sp³-hybridized carbons (Fsp3) is 0.0833. The highest BCUT2D eigenvalue weighted by Crippen LogP contribution is 2.21. The van der Waals surface area contributed by atoms with Gasteiger partial charge in [0.15, 0.2) is 5.78 Å². The molecule has 2 rings (SSSR count). The number of ketones is 1. The Morgan fingerprint density at radius 3 is 2.56 bits per heavy atom. The third-order valence-corrected chi connectivity index (χ3v) is 4.07. The molecule has 0 radical (unpaired) electrons. The van der Waals surface area contributed by atoms with E-state index in [1.54, 1.807) is 35.6 Å². The fourth-order valence-electron chi connectivity index (χ4n) is 1.34. The Balaban J connectivity index is 2.11. The van der Waals surface area contributed by atoms with Gasteiger partial charge in [0.1, 0.15) is 0 Å². The van der Waals surface area contributed by atoms with Crippen molar-refractivity contribution in [3.8, 4) is 0 Å². The Kier molecular flexibility index (Phi) is 3.79. The van der Waals surface area contributed by atoms with Crippen LogP contribution in [0, 0.1) is 0 Å². The largest absolute Gasteiger partial charge is 0.294 e. The number of hydrogen-bond acceptors (Lipinski definition) is 2. The number of carbonyl (C=O) groups excluding carboxylic acids is 1. The van der Waals surface area contributed by atoms with Crippen molar-refractivity contribution in [2.24, 2.45) is 0 Å². The highest BCUT2D eigenvalue weighted by molar-refractivity contribution is 9.10. The Morgan fingerprint density at radius 1 is 1.31 bits per heavy atom. The molecule has 0 amide bonds. The fourth-order valence-corrected chi connectivity index (χ4v) is 2.92. The minimum atomic E-state index is 0.117. The minimum Gasteiger partial charge on any atom is -0.294 e. The van der Waals surface area contributed by atoms with E-state index in [2.05, 4.69) is 15.9 Å². The van der Waals surface area contributed by atoms with Crippen molar-refractivity contribution >= 4 is 44.7 Å². The monoisotopic (exact) mass is 314 g/mol. The van der Waals surface area contributed by atoms with Gasteiger partial charge in [-0.15, -0.1) is 11.3 Å². The quantitative estimate of drug-likeness (QED) is 0.757. The summed E-state index contributed by atoms with van der Waals surface area (Å²) in [5.74, 6) is 0.117. The molecule has 82 valence electrons. The topological polar surface area (TPSA) is 17.1 Å². The number of benzene rings is 1. The second-order valence-corrected chi connectivity index (χ2v) is 5.69. The van der Waals surface area contributed by atoms with Crippen molar-refractivity contribution < 1.29 is 4.79 Å². The van der Waals surface area contributed by atoms with E-state index in [1.807, 2.05) is 11.4 Å². The number of Topliss-reactive ketones (excluding diaryl/α,β-unsaturated/α-hetero) is 1. The summed E-state index contributed by atoms with van der Waals surface area (Å²) in [6.07, 6.45) is 0.442. The lowest BCUT2D eigenvalue weighted by atomic mass is 10.1. The van der Waals surface area contributed by atoms with Gasteiger partial charge in [-0.2, -0.15) is 0 Å². The van der Waals surface area contributed by atoms with Gasteiger partial charge in [-0.25, -0.2) is 0 Å². The lowest BCUT2D eigenvalue weighted by molar-refractivity contribution is 0.0994. The average molecular weight is 316 g/mol. The van der Waals surface area contributed by atoms with Crippen LogP contribution >= 0.6 is 38.9 Å². The summed E-state index contributed by atoms with van der Waals surface area (Å²) in [5.41, 5.74) is 0.703. The molecular formula is C12H8BrClOS. The molecule has 1 nitrogen and oxygen atoms in total. The Bertz CT molecular complexity index is 504. The van der Waals surface area contributed by atoms with Crippen LogP contribution in [0.5, 0.6) is 0 Å². The third kappa shape index (κ3) is 2.94. The number of rotatable bonds is 3. The van der Waals surface area contributed by atoms with Crippen LogP contribution in [0.3, 0.4) is 0 Å². The van der Waals surface area contributed by atoms with E-state index in [0.717, 1.165) is 9.35 Å². The van der Waals surface area contributed by atoms with Gasteiger partial charge in [0.2, 0.25) is 0 Å². The molecule has 0 aliphatic carbocycles. The van der Waals surface area contributed by atoms with Crippen molar-refractivity contribution in [2.45, 2.75) is 6.42 Å². The van der Waals surface area contributed by atoms with Crippen LogP contribution in [0.4, 0.5) is 0 Å². The highest BCUT2D eigenvalue weighted by atomic mass is 79.9. The van der Waals surface area contributed by atoms with Crippen LogP contribution in [-0.2, 0) is 6.42 Å². The standard InChI is InChI=1S/C12H8BrClOS/c13-9-5-11(16-7-9)6-12(15)8-1-3-10(14)4-2-8/h1-5,7H,6H2. The van der Waals surface area contributed by atoms with E-state index in [4.69, 9.17) is 11.6 Å². The van der Waals surface area contributed by atoms with Crippen LogP contribution in [-0.4, -0.2) is 5.78 Å². The minimum absolute atomic E-state index is 0.117. The molecule has 0 bridgehead atoms. The van der Waals surface area contributed by atoms with Gasteiger partial charge < -0.3 is 0 Å². The van der Waals surface area contributed by atoms with Gasteiger partial charge in [0.05, 0.1) is 0 Å². The normalized spacial score (nSPS) is 10.4. The molecule has 1 aromatic carbocycles. The molecule has 1 aromatic heterocycles. The zero-order valence-corrected chi connectivity index (χ0v) is 11.4. The summed E-state index contributed by atoms with van der Waals surface area (Å²) in [6.45, 7) is 0. The molecule has 4 heteroatoms. The van der Waals surface area contributed by atoms with Gasteiger partial charge in [0, 0.05) is 31.7 Å². The Morgan fingerprint density at radius 2 is 2.00 bits per heavy atom. The summed E-state index contributed by atoms with van der Waals surface area (Å²) >= 11 is 10.7. The molecule has 0 aliphatic rings. The van der Waals surface area contributed by atoms with Crippen molar-refractivity contribution in [2.75, 3.05) is 0 Å². The summed E-state index contributed by atoms with van der Waals surface area (Å²) in [6, 6.07) is 8.96. The highest BCUT2D eigenvalue weighted by Gasteiger charge is 2.08. The predicted molar refractivity (Wildman–Crippen MR) is 71.5 cm³/mol. The van der Waals surface area contributed by atoms with Gasteiger partial charge in [0.25, 0.3) is 0 Å². The Labute approximate surface area is 111 Å². The van der Waals surface area contributed by atoms with E-state index in [-0.39, 0.29) is 5.78 Å². The maximum Gasteiger partial charge on any atom is 0.168 e. The van der Waals surface area contributed by atoms with Gasteiger partial charge in [-0.05, 0) is 46.3 Å². The lowest BCUT2D eigenvalue weighted by Crippen LogP contribution is -2.01. The SMILES string of the molecule is O=C(Cc1cc(Br)cs1)c1ccc(Cl)cc1. The Hall–Kier alpha value is -0.640. The van der Waals surface area contributed by atoms with Crippen molar-refractivity contribution in [1.82, 2.24) is 0 Å². The number of hydrogen-bond donors (Lipinski definition) is 0. The second-order valence-electron chi connectivity index (χ2n) is 3.34. The molecule has 0 unspecified atom stereocenters. The third-order valence-electron chi connectivity index (χ3n) is 2.12. The molecule has 0 saturated carbocycles. The van der Waals surface area contributed by atoms with E-state index in [9.17, 15) is 4.79 Å². The predicted octanol–water partition coefficient (Wildman–Crippen LogP) is 4.59. The molecule has 0 fully saturated rings. The van der Waals surface area contributed by atoms with Crippen LogP contribution in [0.15, 0.2) is 40.2 Å². The van der Waals surface area contributed by atoms with Crippen LogP contribution in [0.1, 0.15) is 15.2 Å². The van der Waals surface area contributed by atoms with Crippen molar-refractivity contribution in [3.63, 3.8) is 0 Å². The van der Waals surface area contributed by atoms with E-state index in [0.29, 0.717) is 17.0 Å². The number of carbonyl (C=O) groups is 1. The van der Waals surface area contributed by atoms with Crippen LogP contribution in [0.2, 0.25) is 5.02 Å². The van der Waals surface area contributed by atoms with Crippen molar-refractivity contribution in [3.05, 3.63) is 55.6 Å². The van der Waals surface area contributed by atoms with Crippen molar-refractivity contribution in [1.29, 1.82) is 0 Å². The first-order valence-corrected chi connectivity index (χ1v) is 6.72. The summed E-state index contributed by atoms with van der Waals surface area (Å²) < 4.78 is 1.02. The zero-order valence-electron chi connectivity index (χ0n) is 8.24. The molecule has 1 heterocycles. The molecule has 16 heavy (non-hydrogen) atoms. The molecule has 2 aromatic rings. The average Bonchev–Trinajstić information content (AvgIpc) is 2.65. The molecule has 0 saturated heterocycles. The smallest absolute Gasteiger partial charge is 0.168 e. The van der Waals surface area contributed by atoms with Gasteiger partial charge in [-0.3, -0.25) is 4.79 Å². The zero-order chi connectivity index (χ0) is 11.5. The molecule has 0 atom stereocenters. The van der Waals surface area contributed by atoms with Gasteiger partial charge >= 0.3 is 0 Å². The van der Waals surface area contributed by atoms with E-state index in [1.165, 1.54) is 0 Å². The molecule has 0 N–H and O–H groups in total.